The number of amidine groups is 1. The number of nitrogens with one attached hydrogen (secondary N) is 1. The summed E-state index contributed by atoms with van der Waals surface area (Å²) in [6, 6.07) is 9.89. The lowest BCUT2D eigenvalue weighted by Crippen LogP contribution is -2.11. The first kappa shape index (κ1) is 20.9. The highest BCUT2D eigenvalue weighted by molar-refractivity contribution is 8.18. The van der Waals surface area contributed by atoms with Crippen LogP contribution in [0.4, 0.5) is 5.69 Å². The quantitative estimate of drug-likeness (QED) is 0.528. The average molecular weight is 452 g/mol. The minimum absolute atomic E-state index is 0.0436. The maximum Gasteiger partial charge on any atom is 0.339 e. The largest absolute Gasteiger partial charge is 0.378 e. The van der Waals surface area contributed by atoms with Crippen LogP contribution >= 0.6 is 23.4 Å². The number of carbonyl (C=O) groups excluding carboxylic acids is 2. The van der Waals surface area contributed by atoms with E-state index < -0.39 is 16.0 Å². The predicted molar refractivity (Wildman–Crippen MR) is 112 cm³/mol. The summed E-state index contributed by atoms with van der Waals surface area (Å²) in [7, 11) is -4.14. The van der Waals surface area contributed by atoms with E-state index in [-0.39, 0.29) is 26.7 Å². The van der Waals surface area contributed by atoms with Crippen molar-refractivity contribution in [3.63, 3.8) is 0 Å². The number of amides is 2. The van der Waals surface area contributed by atoms with E-state index in [1.54, 1.807) is 12.1 Å². The van der Waals surface area contributed by atoms with E-state index in [1.807, 2.05) is 0 Å². The number of hydrogen-bond donors (Lipinski definition) is 2. The minimum Gasteiger partial charge on any atom is -0.378 e. The summed E-state index contributed by atoms with van der Waals surface area (Å²) in [5.74, 6) is -0.791. The third-order valence-corrected chi connectivity index (χ3v) is 5.91. The molecule has 0 atom stereocenters. The zero-order chi connectivity index (χ0) is 21.2. The number of thioether (sulfide) groups is 1. The standard InChI is InChI=1S/C18H14ClN3O5S2/c1-10(23)21-12-3-5-13(6-4-12)29(25,26)27-15-7-2-11(8-14(15)19)9-16-17(24)22-18(20)28-16/h2-9H,1H3,(H,21,23)(H2,20,22,24)/b16-9+. The van der Waals surface area contributed by atoms with Gasteiger partial charge in [0.05, 0.1) is 9.93 Å². The third kappa shape index (κ3) is 5.17. The van der Waals surface area contributed by atoms with Crippen molar-refractivity contribution in [2.75, 3.05) is 5.32 Å². The highest BCUT2D eigenvalue weighted by Crippen LogP contribution is 2.31. The molecule has 8 nitrogen and oxygen atoms in total. The van der Waals surface area contributed by atoms with Crippen LogP contribution < -0.4 is 15.2 Å². The molecule has 0 aromatic heterocycles. The Labute approximate surface area is 175 Å². The SMILES string of the molecule is CC(=O)Nc1ccc(S(=O)(=O)Oc2ccc(/C=C3/SC(N)=NC3=O)cc2Cl)cc1. The van der Waals surface area contributed by atoms with Crippen LogP contribution in [0.2, 0.25) is 5.02 Å². The van der Waals surface area contributed by atoms with Crippen LogP contribution in [0.25, 0.3) is 6.08 Å². The monoisotopic (exact) mass is 451 g/mol. The van der Waals surface area contributed by atoms with Crippen LogP contribution in [-0.2, 0) is 19.7 Å². The molecule has 0 saturated heterocycles. The molecular weight excluding hydrogens is 438 g/mol. The fourth-order valence-corrected chi connectivity index (χ4v) is 4.23. The van der Waals surface area contributed by atoms with Gasteiger partial charge < -0.3 is 15.2 Å². The normalized spacial score (nSPS) is 15.3. The van der Waals surface area contributed by atoms with Gasteiger partial charge in [0.25, 0.3) is 5.91 Å². The highest BCUT2D eigenvalue weighted by Gasteiger charge is 2.21. The number of anilines is 1. The van der Waals surface area contributed by atoms with Crippen molar-refractivity contribution < 1.29 is 22.2 Å². The summed E-state index contributed by atoms with van der Waals surface area (Å²) >= 11 is 7.18. The van der Waals surface area contributed by atoms with E-state index in [2.05, 4.69) is 10.3 Å². The number of aliphatic imine (C=N–C) groups is 1. The Hall–Kier alpha value is -2.82. The van der Waals surface area contributed by atoms with E-state index in [0.717, 1.165) is 11.8 Å². The molecule has 1 aliphatic heterocycles. The zero-order valence-electron chi connectivity index (χ0n) is 14.9. The molecule has 0 bridgehead atoms. The Morgan fingerprint density at radius 2 is 1.93 bits per heavy atom. The van der Waals surface area contributed by atoms with Crippen molar-refractivity contribution in [2.24, 2.45) is 10.7 Å². The molecule has 29 heavy (non-hydrogen) atoms. The van der Waals surface area contributed by atoms with Gasteiger partial charge in [0.1, 0.15) is 4.90 Å². The number of halogens is 1. The number of rotatable bonds is 5. The summed E-state index contributed by atoms with van der Waals surface area (Å²) < 4.78 is 30.1. The van der Waals surface area contributed by atoms with Gasteiger partial charge in [-0.2, -0.15) is 13.4 Å². The van der Waals surface area contributed by atoms with E-state index in [9.17, 15) is 18.0 Å². The summed E-state index contributed by atoms with van der Waals surface area (Å²) in [6.07, 6.45) is 1.54. The molecule has 2 aromatic rings. The molecule has 2 aromatic carbocycles. The maximum absolute atomic E-state index is 12.5. The number of carbonyl (C=O) groups is 2. The second-order valence-electron chi connectivity index (χ2n) is 5.80. The Kier molecular flexibility index (Phi) is 5.96. The van der Waals surface area contributed by atoms with Crippen LogP contribution in [0.3, 0.4) is 0 Å². The number of nitrogens with two attached hydrogens (primary N) is 1. The molecule has 3 N–H and O–H groups in total. The van der Waals surface area contributed by atoms with Gasteiger partial charge in [-0.1, -0.05) is 17.7 Å². The van der Waals surface area contributed by atoms with Crippen LogP contribution in [0.1, 0.15) is 12.5 Å². The molecule has 11 heteroatoms. The smallest absolute Gasteiger partial charge is 0.339 e. The molecule has 0 radical (unpaired) electrons. The second kappa shape index (κ2) is 8.27. The molecule has 0 aliphatic carbocycles. The molecule has 1 aliphatic rings. The lowest BCUT2D eigenvalue weighted by molar-refractivity contribution is -0.114. The minimum atomic E-state index is -4.14. The second-order valence-corrected chi connectivity index (χ2v) is 8.81. The Morgan fingerprint density at radius 1 is 1.24 bits per heavy atom. The Morgan fingerprint density at radius 3 is 2.48 bits per heavy atom. The fourth-order valence-electron chi connectivity index (χ4n) is 2.33. The van der Waals surface area contributed by atoms with Gasteiger partial charge in [0, 0.05) is 12.6 Å². The number of nitrogens with zero attached hydrogens (tertiary/aromatic N) is 1. The first-order chi connectivity index (χ1) is 13.6. The maximum atomic E-state index is 12.5. The number of benzene rings is 2. The topological polar surface area (TPSA) is 128 Å². The van der Waals surface area contributed by atoms with E-state index in [0.29, 0.717) is 16.2 Å². The van der Waals surface area contributed by atoms with Crippen molar-refractivity contribution in [3.8, 4) is 5.75 Å². The van der Waals surface area contributed by atoms with E-state index in [1.165, 1.54) is 43.3 Å². The van der Waals surface area contributed by atoms with Gasteiger partial charge in [-0.3, -0.25) is 9.59 Å². The molecule has 150 valence electrons. The molecule has 0 unspecified atom stereocenters. The number of hydrogen-bond acceptors (Lipinski definition) is 7. The van der Waals surface area contributed by atoms with Gasteiger partial charge in [-0.05, 0) is 59.8 Å². The first-order valence-corrected chi connectivity index (χ1v) is 10.6. The molecular formula is C18H14ClN3O5S2. The predicted octanol–water partition coefficient (Wildman–Crippen LogP) is 3.00. The molecule has 0 fully saturated rings. The zero-order valence-corrected chi connectivity index (χ0v) is 17.3. The van der Waals surface area contributed by atoms with Gasteiger partial charge in [-0.15, -0.1) is 0 Å². The third-order valence-electron chi connectivity index (χ3n) is 3.55. The van der Waals surface area contributed by atoms with Crippen LogP contribution in [0, 0.1) is 0 Å². The summed E-state index contributed by atoms with van der Waals surface area (Å²) in [4.78, 5) is 26.5. The molecule has 3 rings (SSSR count). The summed E-state index contributed by atoms with van der Waals surface area (Å²) in [6.45, 7) is 1.35. The molecule has 0 saturated carbocycles. The average Bonchev–Trinajstić information content (AvgIpc) is 2.94. The Bertz CT molecular complexity index is 1160. The van der Waals surface area contributed by atoms with Crippen molar-refractivity contribution in [1.29, 1.82) is 0 Å². The van der Waals surface area contributed by atoms with E-state index in [4.69, 9.17) is 21.5 Å². The molecule has 2 amide bonds. The lowest BCUT2D eigenvalue weighted by atomic mass is 10.2. The molecule has 0 spiro atoms. The molecule has 1 heterocycles. The van der Waals surface area contributed by atoms with Crippen molar-refractivity contribution in [2.45, 2.75) is 11.8 Å². The van der Waals surface area contributed by atoms with Crippen LogP contribution in [0.15, 0.2) is 57.3 Å². The van der Waals surface area contributed by atoms with Crippen LogP contribution in [-0.4, -0.2) is 25.4 Å². The first-order valence-electron chi connectivity index (χ1n) is 8.04. The van der Waals surface area contributed by atoms with Crippen molar-refractivity contribution in [1.82, 2.24) is 0 Å². The van der Waals surface area contributed by atoms with Gasteiger partial charge >= 0.3 is 10.1 Å². The summed E-state index contributed by atoms with van der Waals surface area (Å²) in [5.41, 5.74) is 6.51. The fraction of sp³-hybridized carbons (Fsp3) is 0.0556. The van der Waals surface area contributed by atoms with Crippen molar-refractivity contribution >= 4 is 62.2 Å². The van der Waals surface area contributed by atoms with Crippen LogP contribution in [0.5, 0.6) is 5.75 Å². The highest BCUT2D eigenvalue weighted by atomic mass is 35.5. The van der Waals surface area contributed by atoms with Gasteiger partial charge in [-0.25, -0.2) is 0 Å². The van der Waals surface area contributed by atoms with Gasteiger partial charge in [0.15, 0.2) is 10.9 Å². The van der Waals surface area contributed by atoms with E-state index >= 15 is 0 Å². The van der Waals surface area contributed by atoms with Crippen molar-refractivity contribution in [3.05, 3.63) is 58.0 Å². The lowest BCUT2D eigenvalue weighted by Gasteiger charge is -2.10. The van der Waals surface area contributed by atoms with Gasteiger partial charge in [0.2, 0.25) is 5.91 Å². The Balaban J connectivity index is 1.78. The summed E-state index contributed by atoms with van der Waals surface area (Å²) in [5, 5.41) is 2.74.